The molecule has 1 aromatic rings. The molecule has 0 aliphatic heterocycles. The Kier molecular flexibility index (Phi) is 4.63. The van der Waals surface area contributed by atoms with Crippen LogP contribution in [0.4, 0.5) is 4.39 Å². The van der Waals surface area contributed by atoms with Gasteiger partial charge in [-0.3, -0.25) is 4.79 Å². The molecule has 0 aliphatic rings. The first-order valence-electron chi connectivity index (χ1n) is 5.27. The molecule has 17 heavy (non-hydrogen) atoms. The average Bonchev–Trinajstić information content (AvgIpc) is 2.29. The third kappa shape index (κ3) is 3.86. The Balaban J connectivity index is 2.63. The van der Waals surface area contributed by atoms with Crippen LogP contribution in [0, 0.1) is 5.82 Å². The van der Waals surface area contributed by atoms with Gasteiger partial charge in [0.05, 0.1) is 6.61 Å². The van der Waals surface area contributed by atoms with E-state index in [4.69, 9.17) is 4.74 Å². The molecule has 0 saturated carbocycles. The molecule has 1 aromatic carbocycles. The second-order valence-electron chi connectivity index (χ2n) is 3.46. The molecule has 5 heteroatoms. The first kappa shape index (κ1) is 13.2. The lowest BCUT2D eigenvalue weighted by Crippen LogP contribution is -2.39. The lowest BCUT2D eigenvalue weighted by atomic mass is 10.2. The van der Waals surface area contributed by atoms with E-state index in [9.17, 15) is 14.0 Å². The Labute approximate surface area is 98.8 Å². The first-order valence-corrected chi connectivity index (χ1v) is 5.27. The molecule has 0 aliphatic carbocycles. The molecule has 92 valence electrons. The van der Waals surface area contributed by atoms with Crippen LogP contribution >= 0.6 is 0 Å². The fourth-order valence-electron chi connectivity index (χ4n) is 1.24. The van der Waals surface area contributed by atoms with Gasteiger partial charge in [0.25, 0.3) is 5.91 Å². The van der Waals surface area contributed by atoms with Gasteiger partial charge >= 0.3 is 5.97 Å². The predicted molar refractivity (Wildman–Crippen MR) is 60.0 cm³/mol. The molecule has 0 saturated heterocycles. The molecule has 0 fully saturated rings. The van der Waals surface area contributed by atoms with Crippen molar-refractivity contribution < 1.29 is 18.7 Å². The smallest absolute Gasteiger partial charge is 0.328 e. The fraction of sp³-hybridized carbons (Fsp3) is 0.333. The van der Waals surface area contributed by atoms with E-state index in [-0.39, 0.29) is 12.2 Å². The first-order chi connectivity index (χ1) is 8.04. The van der Waals surface area contributed by atoms with E-state index < -0.39 is 23.7 Å². The van der Waals surface area contributed by atoms with Crippen LogP contribution in [0.15, 0.2) is 24.3 Å². The molecule has 1 atom stereocenters. The van der Waals surface area contributed by atoms with Crippen LogP contribution in [0.2, 0.25) is 0 Å². The Morgan fingerprint density at radius 3 is 2.76 bits per heavy atom. The molecule has 1 amide bonds. The summed E-state index contributed by atoms with van der Waals surface area (Å²) in [5.74, 6) is -1.52. The summed E-state index contributed by atoms with van der Waals surface area (Å²) in [4.78, 5) is 22.9. The lowest BCUT2D eigenvalue weighted by Gasteiger charge is -2.12. The van der Waals surface area contributed by atoms with E-state index in [1.807, 2.05) is 0 Å². The highest BCUT2D eigenvalue weighted by atomic mass is 19.1. The fourth-order valence-corrected chi connectivity index (χ4v) is 1.24. The maximum absolute atomic E-state index is 12.9. The molecule has 0 heterocycles. The van der Waals surface area contributed by atoms with Crippen molar-refractivity contribution in [2.75, 3.05) is 6.61 Å². The minimum Gasteiger partial charge on any atom is -0.464 e. The van der Waals surface area contributed by atoms with E-state index >= 15 is 0 Å². The summed E-state index contributed by atoms with van der Waals surface area (Å²) in [7, 11) is 0. The summed E-state index contributed by atoms with van der Waals surface area (Å²) in [6.07, 6.45) is 0. The van der Waals surface area contributed by atoms with Crippen LogP contribution in [-0.2, 0) is 9.53 Å². The summed E-state index contributed by atoms with van der Waals surface area (Å²) in [5, 5.41) is 2.43. The van der Waals surface area contributed by atoms with Crippen LogP contribution in [-0.4, -0.2) is 24.5 Å². The van der Waals surface area contributed by atoms with Gasteiger partial charge in [0.15, 0.2) is 0 Å². The highest BCUT2D eigenvalue weighted by Crippen LogP contribution is 2.03. The lowest BCUT2D eigenvalue weighted by molar-refractivity contribution is -0.144. The highest BCUT2D eigenvalue weighted by molar-refractivity contribution is 5.96. The number of nitrogens with one attached hydrogen (secondary N) is 1. The maximum Gasteiger partial charge on any atom is 0.328 e. The topological polar surface area (TPSA) is 55.4 Å². The second kappa shape index (κ2) is 5.98. The molecule has 0 spiro atoms. The number of rotatable bonds is 4. The minimum absolute atomic E-state index is 0.168. The van der Waals surface area contributed by atoms with Gasteiger partial charge in [-0.05, 0) is 32.0 Å². The van der Waals surface area contributed by atoms with Crippen molar-refractivity contribution >= 4 is 11.9 Å². The van der Waals surface area contributed by atoms with E-state index in [1.165, 1.54) is 25.1 Å². The Morgan fingerprint density at radius 2 is 2.18 bits per heavy atom. The standard InChI is InChI=1S/C12H14FNO3/c1-3-17-12(16)8(2)14-11(15)9-5-4-6-10(13)7-9/h4-8H,3H2,1-2H3,(H,14,15)/t8-/m0/s1. The zero-order valence-corrected chi connectivity index (χ0v) is 9.70. The monoisotopic (exact) mass is 239 g/mol. The Morgan fingerprint density at radius 1 is 1.47 bits per heavy atom. The molecular weight excluding hydrogens is 225 g/mol. The number of benzene rings is 1. The van der Waals surface area contributed by atoms with Crippen molar-refractivity contribution in [1.29, 1.82) is 0 Å². The number of carbonyl (C=O) groups excluding carboxylic acids is 2. The summed E-state index contributed by atoms with van der Waals surface area (Å²) in [6.45, 7) is 3.44. The number of hydrogen-bond donors (Lipinski definition) is 1. The third-order valence-corrected chi connectivity index (χ3v) is 2.07. The second-order valence-corrected chi connectivity index (χ2v) is 3.46. The van der Waals surface area contributed by atoms with Crippen LogP contribution in [0.25, 0.3) is 0 Å². The van der Waals surface area contributed by atoms with Crippen molar-refractivity contribution in [2.45, 2.75) is 19.9 Å². The Hall–Kier alpha value is -1.91. The molecule has 4 nitrogen and oxygen atoms in total. The molecule has 0 unspecified atom stereocenters. The minimum atomic E-state index is -0.759. The highest BCUT2D eigenvalue weighted by Gasteiger charge is 2.17. The third-order valence-electron chi connectivity index (χ3n) is 2.07. The van der Waals surface area contributed by atoms with Crippen LogP contribution in [0.1, 0.15) is 24.2 Å². The van der Waals surface area contributed by atoms with Gasteiger partial charge in [0.2, 0.25) is 0 Å². The molecule has 1 rings (SSSR count). The number of hydrogen-bond acceptors (Lipinski definition) is 3. The van der Waals surface area contributed by atoms with Crippen molar-refractivity contribution in [1.82, 2.24) is 5.32 Å². The zero-order valence-electron chi connectivity index (χ0n) is 9.70. The predicted octanol–water partition coefficient (Wildman–Crippen LogP) is 1.51. The van der Waals surface area contributed by atoms with Gasteiger partial charge in [0.1, 0.15) is 11.9 Å². The van der Waals surface area contributed by atoms with E-state index in [0.29, 0.717) is 0 Å². The molecule has 1 N–H and O–H groups in total. The van der Waals surface area contributed by atoms with E-state index in [2.05, 4.69) is 5.32 Å². The summed E-state index contributed by atoms with van der Waals surface area (Å²) < 4.78 is 17.6. The zero-order chi connectivity index (χ0) is 12.8. The van der Waals surface area contributed by atoms with Gasteiger partial charge in [-0.15, -0.1) is 0 Å². The molecule has 0 radical (unpaired) electrons. The normalized spacial score (nSPS) is 11.7. The summed E-state index contributed by atoms with van der Waals surface area (Å²) in [6, 6.07) is 4.49. The average molecular weight is 239 g/mol. The number of esters is 1. The quantitative estimate of drug-likeness (QED) is 0.810. The SMILES string of the molecule is CCOC(=O)[C@H](C)NC(=O)c1cccc(F)c1. The van der Waals surface area contributed by atoms with Crippen LogP contribution < -0.4 is 5.32 Å². The number of ether oxygens (including phenoxy) is 1. The molecule has 0 aromatic heterocycles. The molecular formula is C12H14FNO3. The number of carbonyl (C=O) groups is 2. The van der Waals surface area contributed by atoms with Crippen molar-refractivity contribution in [2.24, 2.45) is 0 Å². The van der Waals surface area contributed by atoms with Gasteiger partial charge < -0.3 is 10.1 Å². The van der Waals surface area contributed by atoms with Crippen molar-refractivity contribution in [3.05, 3.63) is 35.6 Å². The van der Waals surface area contributed by atoms with Gasteiger partial charge in [-0.1, -0.05) is 6.07 Å². The van der Waals surface area contributed by atoms with Gasteiger partial charge in [-0.25, -0.2) is 9.18 Å². The largest absolute Gasteiger partial charge is 0.464 e. The van der Waals surface area contributed by atoms with Crippen molar-refractivity contribution in [3.8, 4) is 0 Å². The van der Waals surface area contributed by atoms with Gasteiger partial charge in [-0.2, -0.15) is 0 Å². The number of amides is 1. The van der Waals surface area contributed by atoms with Gasteiger partial charge in [0, 0.05) is 5.56 Å². The molecule has 0 bridgehead atoms. The van der Waals surface area contributed by atoms with E-state index in [1.54, 1.807) is 6.92 Å². The van der Waals surface area contributed by atoms with E-state index in [0.717, 1.165) is 6.07 Å². The summed E-state index contributed by atoms with van der Waals surface area (Å²) in [5.41, 5.74) is 0.168. The maximum atomic E-state index is 12.9. The van der Waals surface area contributed by atoms with Crippen LogP contribution in [0.3, 0.4) is 0 Å². The number of halogens is 1. The van der Waals surface area contributed by atoms with Crippen LogP contribution in [0.5, 0.6) is 0 Å². The summed E-state index contributed by atoms with van der Waals surface area (Å²) >= 11 is 0. The van der Waals surface area contributed by atoms with Crippen molar-refractivity contribution in [3.63, 3.8) is 0 Å². The Bertz CT molecular complexity index is 420.